The molecule has 0 radical (unpaired) electrons. The number of carbonyl (C=O) groups excluding carboxylic acids is 2. The van der Waals surface area contributed by atoms with Gasteiger partial charge in [0.1, 0.15) is 11.4 Å². The SMILES string of the molecule is CCOC(=O)c1cccc(C(=O)Nc2ccc(C#N)cc2)n1. The zero-order chi connectivity index (χ0) is 15.9. The van der Waals surface area contributed by atoms with Gasteiger partial charge in [0.2, 0.25) is 0 Å². The minimum Gasteiger partial charge on any atom is -0.461 e. The minimum absolute atomic E-state index is 0.0781. The molecule has 0 fully saturated rings. The Morgan fingerprint density at radius 1 is 1.18 bits per heavy atom. The number of aromatic nitrogens is 1. The molecule has 22 heavy (non-hydrogen) atoms. The van der Waals surface area contributed by atoms with Crippen molar-refractivity contribution in [2.45, 2.75) is 6.92 Å². The molecular weight excluding hydrogens is 282 g/mol. The fraction of sp³-hybridized carbons (Fsp3) is 0.125. The molecule has 0 unspecified atom stereocenters. The van der Waals surface area contributed by atoms with Crippen LogP contribution < -0.4 is 5.32 Å². The average molecular weight is 295 g/mol. The molecule has 1 aromatic carbocycles. The third kappa shape index (κ3) is 3.67. The van der Waals surface area contributed by atoms with Crippen LogP contribution in [0, 0.1) is 11.3 Å². The highest BCUT2D eigenvalue weighted by Crippen LogP contribution is 2.11. The quantitative estimate of drug-likeness (QED) is 0.874. The van der Waals surface area contributed by atoms with Gasteiger partial charge in [-0.05, 0) is 43.3 Å². The van der Waals surface area contributed by atoms with E-state index in [1.54, 1.807) is 37.3 Å². The highest BCUT2D eigenvalue weighted by Gasteiger charge is 2.13. The van der Waals surface area contributed by atoms with Gasteiger partial charge in [0.25, 0.3) is 5.91 Å². The molecule has 0 atom stereocenters. The summed E-state index contributed by atoms with van der Waals surface area (Å²) in [4.78, 5) is 27.7. The standard InChI is InChI=1S/C16H13N3O3/c1-2-22-16(21)14-5-3-4-13(19-14)15(20)18-12-8-6-11(10-17)7-9-12/h3-9H,2H2,1H3,(H,18,20). The van der Waals surface area contributed by atoms with Gasteiger partial charge in [-0.25, -0.2) is 9.78 Å². The first-order valence-electron chi connectivity index (χ1n) is 6.59. The number of nitriles is 1. The van der Waals surface area contributed by atoms with Gasteiger partial charge in [-0.3, -0.25) is 4.79 Å². The van der Waals surface area contributed by atoms with E-state index in [2.05, 4.69) is 10.3 Å². The summed E-state index contributed by atoms with van der Waals surface area (Å²) in [5.74, 6) is -1.02. The van der Waals surface area contributed by atoms with E-state index in [4.69, 9.17) is 10.00 Å². The summed E-state index contributed by atoms with van der Waals surface area (Å²) in [6.07, 6.45) is 0. The number of hydrogen-bond acceptors (Lipinski definition) is 5. The van der Waals surface area contributed by atoms with Gasteiger partial charge in [-0.15, -0.1) is 0 Å². The normalized spacial score (nSPS) is 9.64. The maximum atomic E-state index is 12.1. The molecule has 0 aliphatic heterocycles. The Morgan fingerprint density at radius 2 is 1.86 bits per heavy atom. The van der Waals surface area contributed by atoms with Crippen LogP contribution in [0.25, 0.3) is 0 Å². The van der Waals surface area contributed by atoms with Crippen molar-refractivity contribution in [3.05, 3.63) is 59.4 Å². The lowest BCUT2D eigenvalue weighted by Gasteiger charge is -2.06. The topological polar surface area (TPSA) is 92.1 Å². The maximum Gasteiger partial charge on any atom is 0.356 e. The van der Waals surface area contributed by atoms with Crippen molar-refractivity contribution in [1.29, 1.82) is 5.26 Å². The van der Waals surface area contributed by atoms with E-state index in [0.29, 0.717) is 11.3 Å². The fourth-order valence-corrected chi connectivity index (χ4v) is 1.70. The van der Waals surface area contributed by atoms with Crippen LogP contribution in [-0.2, 0) is 4.74 Å². The van der Waals surface area contributed by atoms with Crippen LogP contribution in [0.4, 0.5) is 5.69 Å². The maximum absolute atomic E-state index is 12.1. The van der Waals surface area contributed by atoms with Crippen LogP contribution in [0.2, 0.25) is 0 Å². The summed E-state index contributed by atoms with van der Waals surface area (Å²) in [6.45, 7) is 1.93. The number of ether oxygens (including phenoxy) is 1. The first kappa shape index (κ1) is 15.2. The number of carbonyl (C=O) groups is 2. The third-order valence-corrected chi connectivity index (χ3v) is 2.74. The molecule has 0 spiro atoms. The van der Waals surface area contributed by atoms with Crippen LogP contribution in [0.3, 0.4) is 0 Å². The van der Waals surface area contributed by atoms with Gasteiger partial charge in [0, 0.05) is 5.69 Å². The number of anilines is 1. The molecule has 1 heterocycles. The summed E-state index contributed by atoms with van der Waals surface area (Å²) in [7, 11) is 0. The summed E-state index contributed by atoms with van der Waals surface area (Å²) in [5, 5.41) is 11.4. The van der Waals surface area contributed by atoms with Gasteiger partial charge < -0.3 is 10.1 Å². The van der Waals surface area contributed by atoms with Gasteiger partial charge in [-0.1, -0.05) is 6.07 Å². The van der Waals surface area contributed by atoms with Gasteiger partial charge in [0.15, 0.2) is 0 Å². The number of pyridine rings is 1. The molecule has 0 aliphatic rings. The van der Waals surface area contributed by atoms with Gasteiger partial charge in [0.05, 0.1) is 18.2 Å². The predicted molar refractivity (Wildman–Crippen MR) is 79.3 cm³/mol. The Morgan fingerprint density at radius 3 is 2.50 bits per heavy atom. The molecular formula is C16H13N3O3. The second-order valence-corrected chi connectivity index (χ2v) is 4.27. The van der Waals surface area contributed by atoms with E-state index < -0.39 is 11.9 Å². The van der Waals surface area contributed by atoms with Gasteiger partial charge in [-0.2, -0.15) is 5.26 Å². The van der Waals surface area contributed by atoms with Crippen LogP contribution in [0.15, 0.2) is 42.5 Å². The lowest BCUT2D eigenvalue weighted by molar-refractivity contribution is 0.0519. The van der Waals surface area contributed by atoms with Crippen LogP contribution in [-0.4, -0.2) is 23.5 Å². The Balaban J connectivity index is 2.13. The summed E-state index contributed by atoms with van der Waals surface area (Å²) < 4.78 is 4.84. The highest BCUT2D eigenvalue weighted by atomic mass is 16.5. The van der Waals surface area contributed by atoms with E-state index in [-0.39, 0.29) is 18.0 Å². The second-order valence-electron chi connectivity index (χ2n) is 4.27. The number of nitrogens with one attached hydrogen (secondary N) is 1. The number of nitrogens with zero attached hydrogens (tertiary/aromatic N) is 2. The molecule has 6 nitrogen and oxygen atoms in total. The largest absolute Gasteiger partial charge is 0.461 e. The molecule has 1 N–H and O–H groups in total. The molecule has 1 aromatic heterocycles. The zero-order valence-corrected chi connectivity index (χ0v) is 11.9. The lowest BCUT2D eigenvalue weighted by atomic mass is 10.2. The molecule has 0 bridgehead atoms. The number of amides is 1. The van der Waals surface area contributed by atoms with E-state index in [1.807, 2.05) is 6.07 Å². The van der Waals surface area contributed by atoms with E-state index in [9.17, 15) is 9.59 Å². The Hall–Kier alpha value is -3.20. The second kappa shape index (κ2) is 6.99. The van der Waals surface area contributed by atoms with Crippen LogP contribution in [0.1, 0.15) is 33.5 Å². The first-order chi connectivity index (χ1) is 10.6. The van der Waals surface area contributed by atoms with Crippen LogP contribution >= 0.6 is 0 Å². The zero-order valence-electron chi connectivity index (χ0n) is 11.9. The summed E-state index contributed by atoms with van der Waals surface area (Å²) in [5.41, 5.74) is 1.22. The van der Waals surface area contributed by atoms with Crippen LogP contribution in [0.5, 0.6) is 0 Å². The fourth-order valence-electron chi connectivity index (χ4n) is 1.70. The number of esters is 1. The molecule has 0 saturated heterocycles. The van der Waals surface area contributed by atoms with E-state index in [1.165, 1.54) is 12.1 Å². The average Bonchev–Trinajstić information content (AvgIpc) is 2.56. The smallest absolute Gasteiger partial charge is 0.356 e. The summed E-state index contributed by atoms with van der Waals surface area (Å²) in [6, 6.07) is 13.0. The first-order valence-corrected chi connectivity index (χ1v) is 6.59. The molecule has 2 aromatic rings. The Labute approximate surface area is 127 Å². The van der Waals surface area contributed by atoms with Crippen molar-refractivity contribution >= 4 is 17.6 Å². The third-order valence-electron chi connectivity index (χ3n) is 2.74. The van der Waals surface area contributed by atoms with Gasteiger partial charge >= 0.3 is 5.97 Å². The molecule has 1 amide bonds. The van der Waals surface area contributed by atoms with Crippen molar-refractivity contribution in [2.24, 2.45) is 0 Å². The molecule has 0 aliphatic carbocycles. The molecule has 0 saturated carbocycles. The van der Waals surface area contributed by atoms with Crippen molar-refractivity contribution in [1.82, 2.24) is 4.98 Å². The predicted octanol–water partition coefficient (Wildman–Crippen LogP) is 2.38. The Bertz CT molecular complexity index is 733. The number of hydrogen-bond donors (Lipinski definition) is 1. The molecule has 2 rings (SSSR count). The lowest BCUT2D eigenvalue weighted by Crippen LogP contribution is -2.16. The van der Waals surface area contributed by atoms with Crippen molar-refractivity contribution in [3.8, 4) is 6.07 Å². The highest BCUT2D eigenvalue weighted by molar-refractivity contribution is 6.03. The number of benzene rings is 1. The van der Waals surface area contributed by atoms with E-state index in [0.717, 1.165) is 0 Å². The minimum atomic E-state index is -0.574. The Kier molecular flexibility index (Phi) is 4.83. The van der Waals surface area contributed by atoms with Crippen molar-refractivity contribution < 1.29 is 14.3 Å². The molecule has 110 valence electrons. The number of rotatable bonds is 4. The van der Waals surface area contributed by atoms with E-state index >= 15 is 0 Å². The van der Waals surface area contributed by atoms with Crippen molar-refractivity contribution in [2.75, 3.05) is 11.9 Å². The molecule has 6 heteroatoms. The van der Waals surface area contributed by atoms with Crippen molar-refractivity contribution in [3.63, 3.8) is 0 Å². The summed E-state index contributed by atoms with van der Waals surface area (Å²) >= 11 is 0. The monoisotopic (exact) mass is 295 g/mol.